The van der Waals surface area contributed by atoms with Crippen LogP contribution in [0.25, 0.3) is 5.69 Å². The zero-order valence-electron chi connectivity index (χ0n) is 13.4. The van der Waals surface area contributed by atoms with Gasteiger partial charge in [-0.2, -0.15) is 4.98 Å². The fourth-order valence-corrected chi connectivity index (χ4v) is 3.34. The largest absolute Gasteiger partial charge is 0.267 e. The van der Waals surface area contributed by atoms with E-state index < -0.39 is 26.6 Å². The molecule has 0 radical (unpaired) electrons. The van der Waals surface area contributed by atoms with E-state index in [2.05, 4.69) is 14.8 Å². The van der Waals surface area contributed by atoms with Crippen LogP contribution < -0.4 is 4.72 Å². The first-order chi connectivity index (χ1) is 11.8. The minimum absolute atomic E-state index is 0.0146. The van der Waals surface area contributed by atoms with Crippen LogP contribution in [0.5, 0.6) is 0 Å². The number of sulfonamides is 1. The Morgan fingerprint density at radius 3 is 2.40 bits per heavy atom. The van der Waals surface area contributed by atoms with Crippen molar-refractivity contribution in [3.63, 3.8) is 0 Å². The van der Waals surface area contributed by atoms with E-state index >= 15 is 0 Å². The second-order valence-corrected chi connectivity index (χ2v) is 7.02. The number of hydrogen-bond acceptors (Lipinski definition) is 4. The molecule has 25 heavy (non-hydrogen) atoms. The molecular formula is C16H14F2N4O2S. The monoisotopic (exact) mass is 364 g/mol. The highest BCUT2D eigenvalue weighted by Crippen LogP contribution is 2.21. The van der Waals surface area contributed by atoms with Crippen LogP contribution in [0.1, 0.15) is 11.4 Å². The Morgan fingerprint density at radius 1 is 1.04 bits per heavy atom. The van der Waals surface area contributed by atoms with Crippen molar-refractivity contribution in [2.45, 2.75) is 18.7 Å². The molecule has 0 aliphatic rings. The van der Waals surface area contributed by atoms with E-state index in [-0.39, 0.29) is 11.5 Å². The molecule has 1 heterocycles. The average molecular weight is 364 g/mol. The topological polar surface area (TPSA) is 76.9 Å². The van der Waals surface area contributed by atoms with Gasteiger partial charge in [-0.1, -0.05) is 18.2 Å². The van der Waals surface area contributed by atoms with E-state index in [0.29, 0.717) is 17.6 Å². The predicted octanol–water partition coefficient (Wildman–Crippen LogP) is 2.96. The predicted molar refractivity (Wildman–Crippen MR) is 88.0 cm³/mol. The molecule has 0 fully saturated rings. The van der Waals surface area contributed by atoms with Crippen LogP contribution >= 0.6 is 0 Å². The lowest BCUT2D eigenvalue weighted by Gasteiger charge is -2.07. The zero-order chi connectivity index (χ0) is 18.2. The van der Waals surface area contributed by atoms with Crippen LogP contribution in [0.4, 0.5) is 14.7 Å². The van der Waals surface area contributed by atoms with Gasteiger partial charge >= 0.3 is 0 Å². The van der Waals surface area contributed by atoms with Gasteiger partial charge in [0.25, 0.3) is 16.0 Å². The average Bonchev–Trinajstić information content (AvgIpc) is 2.91. The fraction of sp³-hybridized carbons (Fsp3) is 0.125. The summed E-state index contributed by atoms with van der Waals surface area (Å²) in [6.07, 6.45) is 0. The molecule has 0 saturated carbocycles. The minimum Gasteiger partial charge on any atom is -0.246 e. The maximum atomic E-state index is 13.9. The standard InChI is InChI=1S/C16H14F2N4O2S/c1-10-8-15(14(18)9-13(10)17)25(23,24)21-16-19-11(2)22(20-16)12-6-4-3-5-7-12/h3-9H,1-2H3,(H,20,21). The van der Waals surface area contributed by atoms with E-state index in [0.717, 1.165) is 6.07 Å². The van der Waals surface area contributed by atoms with E-state index in [1.54, 1.807) is 31.2 Å². The van der Waals surface area contributed by atoms with Gasteiger partial charge in [0.05, 0.1) is 5.69 Å². The number of hydrogen-bond donors (Lipinski definition) is 1. The third-order valence-electron chi connectivity index (χ3n) is 3.50. The van der Waals surface area contributed by atoms with Crippen molar-refractivity contribution in [1.29, 1.82) is 0 Å². The Labute approximate surface area is 143 Å². The van der Waals surface area contributed by atoms with Gasteiger partial charge in [0.2, 0.25) is 0 Å². The highest BCUT2D eigenvalue weighted by Gasteiger charge is 2.23. The molecule has 1 aromatic heterocycles. The van der Waals surface area contributed by atoms with E-state index in [1.807, 2.05) is 6.07 Å². The van der Waals surface area contributed by atoms with Gasteiger partial charge in [-0.3, -0.25) is 0 Å². The van der Waals surface area contributed by atoms with Crippen LogP contribution in [-0.4, -0.2) is 23.2 Å². The van der Waals surface area contributed by atoms with Gasteiger partial charge < -0.3 is 0 Å². The number of aryl methyl sites for hydroxylation is 2. The molecule has 0 saturated heterocycles. The molecule has 0 amide bonds. The van der Waals surface area contributed by atoms with E-state index in [4.69, 9.17) is 0 Å². The molecule has 0 aliphatic heterocycles. The smallest absolute Gasteiger partial charge is 0.246 e. The molecule has 9 heteroatoms. The van der Waals surface area contributed by atoms with Crippen molar-refractivity contribution in [3.8, 4) is 5.69 Å². The molecule has 6 nitrogen and oxygen atoms in total. The van der Waals surface area contributed by atoms with Crippen LogP contribution in [0, 0.1) is 25.5 Å². The van der Waals surface area contributed by atoms with Gasteiger partial charge in [-0.25, -0.2) is 26.6 Å². The summed E-state index contributed by atoms with van der Waals surface area (Å²) in [6.45, 7) is 3.00. The molecule has 0 unspecified atom stereocenters. The lowest BCUT2D eigenvalue weighted by molar-refractivity contribution is 0.547. The van der Waals surface area contributed by atoms with Crippen molar-refractivity contribution in [2.75, 3.05) is 4.72 Å². The second-order valence-electron chi connectivity index (χ2n) is 5.37. The van der Waals surface area contributed by atoms with Crippen LogP contribution in [0.2, 0.25) is 0 Å². The lowest BCUT2D eigenvalue weighted by atomic mass is 10.2. The molecule has 2 aromatic carbocycles. The summed E-state index contributed by atoms with van der Waals surface area (Å²) in [4.78, 5) is 3.37. The maximum absolute atomic E-state index is 13.9. The fourth-order valence-electron chi connectivity index (χ4n) is 2.26. The Balaban J connectivity index is 1.96. The van der Waals surface area contributed by atoms with Crippen LogP contribution in [-0.2, 0) is 10.0 Å². The SMILES string of the molecule is Cc1cc(S(=O)(=O)Nc2nc(C)n(-c3ccccc3)n2)c(F)cc1F. The Kier molecular flexibility index (Phi) is 4.25. The molecule has 0 bridgehead atoms. The van der Waals surface area contributed by atoms with Crippen molar-refractivity contribution in [1.82, 2.24) is 14.8 Å². The van der Waals surface area contributed by atoms with Crippen molar-refractivity contribution < 1.29 is 17.2 Å². The first kappa shape index (κ1) is 17.0. The number of nitrogens with zero attached hydrogens (tertiary/aromatic N) is 3. The lowest BCUT2D eigenvalue weighted by Crippen LogP contribution is -2.16. The first-order valence-corrected chi connectivity index (χ1v) is 8.74. The van der Waals surface area contributed by atoms with E-state index in [9.17, 15) is 17.2 Å². The third kappa shape index (κ3) is 3.36. The zero-order valence-corrected chi connectivity index (χ0v) is 14.2. The molecule has 1 N–H and O–H groups in total. The number of anilines is 1. The summed E-state index contributed by atoms with van der Waals surface area (Å²) in [5.74, 6) is -1.77. The third-order valence-corrected chi connectivity index (χ3v) is 4.84. The molecule has 0 spiro atoms. The molecule has 3 rings (SSSR count). The Hall–Kier alpha value is -2.81. The normalized spacial score (nSPS) is 11.5. The summed E-state index contributed by atoms with van der Waals surface area (Å²) in [7, 11) is -4.30. The number of benzene rings is 2. The number of para-hydroxylation sites is 1. The number of halogens is 2. The summed E-state index contributed by atoms with van der Waals surface area (Å²) in [5, 5.41) is 4.08. The molecule has 0 atom stereocenters. The number of nitrogens with one attached hydrogen (secondary N) is 1. The number of rotatable bonds is 4. The first-order valence-electron chi connectivity index (χ1n) is 7.25. The van der Waals surface area contributed by atoms with Crippen molar-refractivity contribution >= 4 is 16.0 Å². The molecule has 130 valence electrons. The van der Waals surface area contributed by atoms with Gasteiger partial charge in [-0.15, -0.1) is 5.10 Å². The highest BCUT2D eigenvalue weighted by atomic mass is 32.2. The minimum atomic E-state index is -4.30. The van der Waals surface area contributed by atoms with Gasteiger partial charge in [-0.05, 0) is 37.6 Å². The van der Waals surface area contributed by atoms with Gasteiger partial charge in [0.1, 0.15) is 22.4 Å². The second kappa shape index (κ2) is 6.25. The Morgan fingerprint density at radius 2 is 1.72 bits per heavy atom. The quantitative estimate of drug-likeness (QED) is 0.772. The summed E-state index contributed by atoms with van der Waals surface area (Å²) < 4.78 is 55.5. The summed E-state index contributed by atoms with van der Waals surface area (Å²) in [5.41, 5.74) is 0.711. The van der Waals surface area contributed by atoms with Gasteiger partial charge in [0, 0.05) is 6.07 Å². The van der Waals surface area contributed by atoms with Crippen molar-refractivity contribution in [2.24, 2.45) is 0 Å². The highest BCUT2D eigenvalue weighted by molar-refractivity contribution is 7.92. The molecule has 3 aromatic rings. The van der Waals surface area contributed by atoms with Crippen LogP contribution in [0.15, 0.2) is 47.4 Å². The molecular weight excluding hydrogens is 350 g/mol. The number of aromatic nitrogens is 3. The maximum Gasteiger partial charge on any atom is 0.267 e. The van der Waals surface area contributed by atoms with Crippen LogP contribution in [0.3, 0.4) is 0 Å². The van der Waals surface area contributed by atoms with E-state index in [1.165, 1.54) is 11.6 Å². The van der Waals surface area contributed by atoms with Crippen molar-refractivity contribution in [3.05, 3.63) is 65.5 Å². The summed E-state index contributed by atoms with van der Waals surface area (Å²) in [6, 6.07) is 10.5. The Bertz CT molecular complexity index is 1030. The molecule has 0 aliphatic carbocycles. The summed E-state index contributed by atoms with van der Waals surface area (Å²) >= 11 is 0. The van der Waals surface area contributed by atoms with Gasteiger partial charge in [0.15, 0.2) is 0 Å².